The topological polar surface area (TPSA) is 52.0 Å². The fraction of sp³-hybridized carbons (Fsp3) is 0.667. The van der Waals surface area contributed by atoms with Crippen LogP contribution < -0.4 is 5.32 Å². The van der Waals surface area contributed by atoms with Crippen molar-refractivity contribution in [3.8, 4) is 6.07 Å². The maximum absolute atomic E-state index is 9.08. The molecule has 0 radical (unpaired) electrons. The lowest BCUT2D eigenvalue weighted by atomic mass is 10.2. The van der Waals surface area contributed by atoms with E-state index in [0.717, 1.165) is 31.9 Å². The average molecular weight is 250 g/mol. The molecule has 1 saturated heterocycles. The van der Waals surface area contributed by atoms with Crippen molar-refractivity contribution in [2.24, 2.45) is 0 Å². The molecule has 1 atom stereocenters. The average Bonchev–Trinajstić information content (AvgIpc) is 2.78. The number of piperazine rings is 1. The molecule has 0 saturated carbocycles. The molecule has 0 amide bonds. The Morgan fingerprint density at radius 3 is 3.18 bits per heavy atom. The summed E-state index contributed by atoms with van der Waals surface area (Å²) >= 11 is 1.72. The molecule has 1 aliphatic heterocycles. The number of nitrogens with one attached hydrogen (secondary N) is 1. The third-order valence-electron chi connectivity index (χ3n) is 2.93. The molecular formula is C12H18N4S. The highest BCUT2D eigenvalue weighted by atomic mass is 32.1. The van der Waals surface area contributed by atoms with E-state index < -0.39 is 0 Å². The van der Waals surface area contributed by atoms with Gasteiger partial charge in [0.1, 0.15) is 6.04 Å². The highest BCUT2D eigenvalue weighted by Gasteiger charge is 2.22. The molecule has 1 unspecified atom stereocenters. The summed E-state index contributed by atoms with van der Waals surface area (Å²) < 4.78 is 0. The Hall–Kier alpha value is -0.960. The summed E-state index contributed by atoms with van der Waals surface area (Å²) in [7, 11) is 0. The van der Waals surface area contributed by atoms with Gasteiger partial charge in [0.2, 0.25) is 0 Å². The lowest BCUT2D eigenvalue weighted by Gasteiger charge is -2.31. The molecule has 2 heterocycles. The molecule has 17 heavy (non-hydrogen) atoms. The molecule has 1 aromatic rings. The molecule has 0 bridgehead atoms. The quantitative estimate of drug-likeness (QED) is 0.884. The van der Waals surface area contributed by atoms with Crippen molar-refractivity contribution in [3.05, 3.63) is 16.1 Å². The number of hydrogen-bond donors (Lipinski definition) is 1. The van der Waals surface area contributed by atoms with E-state index in [1.807, 2.05) is 0 Å². The summed E-state index contributed by atoms with van der Waals surface area (Å²) in [6.07, 6.45) is 0. The molecular weight excluding hydrogens is 232 g/mol. The van der Waals surface area contributed by atoms with Crippen LogP contribution in [0, 0.1) is 11.3 Å². The van der Waals surface area contributed by atoms with Crippen molar-refractivity contribution in [3.63, 3.8) is 0 Å². The largest absolute Gasteiger partial charge is 0.313 e. The number of thiazole rings is 1. The Labute approximate surface area is 106 Å². The van der Waals surface area contributed by atoms with Gasteiger partial charge in [0, 0.05) is 37.5 Å². The van der Waals surface area contributed by atoms with Crippen LogP contribution in [-0.4, -0.2) is 35.6 Å². The van der Waals surface area contributed by atoms with Gasteiger partial charge in [0.25, 0.3) is 0 Å². The van der Waals surface area contributed by atoms with E-state index in [9.17, 15) is 0 Å². The van der Waals surface area contributed by atoms with Crippen LogP contribution >= 0.6 is 11.3 Å². The van der Waals surface area contributed by atoms with Gasteiger partial charge >= 0.3 is 0 Å². The van der Waals surface area contributed by atoms with Gasteiger partial charge in [-0.25, -0.2) is 4.98 Å². The molecule has 2 rings (SSSR count). The molecule has 1 aliphatic rings. The molecule has 1 fully saturated rings. The first-order valence-electron chi connectivity index (χ1n) is 5.99. The lowest BCUT2D eigenvalue weighted by Crippen LogP contribution is -2.50. The molecule has 92 valence electrons. The summed E-state index contributed by atoms with van der Waals surface area (Å²) in [4.78, 5) is 6.82. The van der Waals surface area contributed by atoms with Crippen molar-refractivity contribution in [1.82, 2.24) is 15.2 Å². The highest BCUT2D eigenvalue weighted by Crippen LogP contribution is 2.20. The lowest BCUT2D eigenvalue weighted by molar-refractivity contribution is 0.187. The molecule has 1 N–H and O–H groups in total. The van der Waals surface area contributed by atoms with Gasteiger partial charge in [-0.05, 0) is 0 Å². The van der Waals surface area contributed by atoms with Gasteiger partial charge in [-0.3, -0.25) is 4.90 Å². The van der Waals surface area contributed by atoms with Crippen molar-refractivity contribution in [1.29, 1.82) is 5.26 Å². The van der Waals surface area contributed by atoms with E-state index in [1.165, 1.54) is 5.01 Å². The fourth-order valence-corrected chi connectivity index (χ4v) is 2.76. The minimum absolute atomic E-state index is 0.0204. The molecule has 4 nitrogen and oxygen atoms in total. The van der Waals surface area contributed by atoms with Gasteiger partial charge in [-0.15, -0.1) is 11.3 Å². The molecule has 1 aromatic heterocycles. The maximum Gasteiger partial charge on any atom is 0.111 e. The predicted molar refractivity (Wildman–Crippen MR) is 68.9 cm³/mol. The molecule has 5 heteroatoms. The second kappa shape index (κ2) is 5.58. The van der Waals surface area contributed by atoms with E-state index in [1.54, 1.807) is 11.3 Å². The van der Waals surface area contributed by atoms with Crippen molar-refractivity contribution in [2.45, 2.75) is 32.4 Å². The van der Waals surface area contributed by atoms with Gasteiger partial charge in [-0.1, -0.05) is 13.8 Å². The summed E-state index contributed by atoms with van der Waals surface area (Å²) in [5.74, 6) is 0.489. The van der Waals surface area contributed by atoms with Crippen LogP contribution in [-0.2, 0) is 6.54 Å². The van der Waals surface area contributed by atoms with Crippen LogP contribution in [0.2, 0.25) is 0 Å². The van der Waals surface area contributed by atoms with E-state index in [2.05, 4.69) is 40.5 Å². The first kappa shape index (κ1) is 12.5. The molecule has 0 aliphatic carbocycles. The SMILES string of the molecule is CC(C)c1nc(CN2CCNCC2C#N)cs1. The first-order chi connectivity index (χ1) is 8.20. The zero-order valence-electron chi connectivity index (χ0n) is 10.3. The van der Waals surface area contributed by atoms with Crippen LogP contribution in [0.5, 0.6) is 0 Å². The summed E-state index contributed by atoms with van der Waals surface area (Å²) in [5.41, 5.74) is 1.10. The number of nitrogens with zero attached hydrogens (tertiary/aromatic N) is 3. The number of nitriles is 1. The minimum Gasteiger partial charge on any atom is -0.313 e. The standard InChI is InChI=1S/C12H18N4S/c1-9(2)12-15-10(8-17-12)7-16-4-3-14-6-11(16)5-13/h8-9,11,14H,3-4,6-7H2,1-2H3. The maximum atomic E-state index is 9.08. The number of rotatable bonds is 3. The fourth-order valence-electron chi connectivity index (χ4n) is 1.93. The Bertz CT molecular complexity index is 407. The van der Waals surface area contributed by atoms with Crippen molar-refractivity contribution >= 4 is 11.3 Å². The summed E-state index contributed by atoms with van der Waals surface area (Å²) in [6, 6.07) is 2.32. The molecule has 0 spiro atoms. The zero-order chi connectivity index (χ0) is 12.3. The van der Waals surface area contributed by atoms with Crippen molar-refractivity contribution < 1.29 is 0 Å². The predicted octanol–water partition coefficient (Wildman–Crippen LogP) is 1.56. The van der Waals surface area contributed by atoms with Crippen LogP contribution in [0.3, 0.4) is 0 Å². The third kappa shape index (κ3) is 3.03. The number of aromatic nitrogens is 1. The van der Waals surface area contributed by atoms with Gasteiger partial charge in [0.05, 0.1) is 16.8 Å². The smallest absolute Gasteiger partial charge is 0.111 e. The van der Waals surface area contributed by atoms with Crippen LogP contribution in [0.15, 0.2) is 5.38 Å². The van der Waals surface area contributed by atoms with E-state index in [-0.39, 0.29) is 6.04 Å². The number of hydrogen-bond acceptors (Lipinski definition) is 5. The van der Waals surface area contributed by atoms with Crippen LogP contribution in [0.4, 0.5) is 0 Å². The Kier molecular flexibility index (Phi) is 4.11. The minimum atomic E-state index is -0.0204. The Morgan fingerprint density at radius 1 is 1.71 bits per heavy atom. The third-order valence-corrected chi connectivity index (χ3v) is 4.13. The van der Waals surface area contributed by atoms with Crippen LogP contribution in [0.25, 0.3) is 0 Å². The highest BCUT2D eigenvalue weighted by molar-refractivity contribution is 7.09. The van der Waals surface area contributed by atoms with E-state index >= 15 is 0 Å². The second-order valence-electron chi connectivity index (χ2n) is 4.65. The molecule has 0 aromatic carbocycles. The van der Waals surface area contributed by atoms with Gasteiger partial charge in [0.15, 0.2) is 0 Å². The van der Waals surface area contributed by atoms with E-state index in [0.29, 0.717) is 5.92 Å². The van der Waals surface area contributed by atoms with Crippen molar-refractivity contribution in [2.75, 3.05) is 19.6 Å². The van der Waals surface area contributed by atoms with Gasteiger partial charge in [-0.2, -0.15) is 5.26 Å². The summed E-state index contributed by atoms with van der Waals surface area (Å²) in [5, 5.41) is 15.6. The Balaban J connectivity index is 2.01. The zero-order valence-corrected chi connectivity index (χ0v) is 11.1. The van der Waals surface area contributed by atoms with Crippen LogP contribution in [0.1, 0.15) is 30.5 Å². The van der Waals surface area contributed by atoms with E-state index in [4.69, 9.17) is 5.26 Å². The normalized spacial score (nSPS) is 21.6. The second-order valence-corrected chi connectivity index (χ2v) is 5.54. The monoisotopic (exact) mass is 250 g/mol. The summed E-state index contributed by atoms with van der Waals surface area (Å²) in [6.45, 7) is 7.75. The van der Waals surface area contributed by atoms with Gasteiger partial charge < -0.3 is 5.32 Å². The first-order valence-corrected chi connectivity index (χ1v) is 6.87. The Morgan fingerprint density at radius 2 is 2.53 bits per heavy atom.